The Morgan fingerprint density at radius 2 is 1.96 bits per heavy atom. The predicted octanol–water partition coefficient (Wildman–Crippen LogP) is 1.97. The van der Waals surface area contributed by atoms with Gasteiger partial charge < -0.3 is 19.9 Å². The molecule has 0 fully saturated rings. The monoisotopic (exact) mass is 344 g/mol. The third kappa shape index (κ3) is 3.16. The average molecular weight is 344 g/mol. The van der Waals surface area contributed by atoms with Gasteiger partial charge in [-0.05, 0) is 30.7 Å². The summed E-state index contributed by atoms with van der Waals surface area (Å²) >= 11 is 0. The van der Waals surface area contributed by atoms with Crippen molar-refractivity contribution < 1.29 is 24.2 Å². The van der Waals surface area contributed by atoms with Gasteiger partial charge in [-0.25, -0.2) is 0 Å². The zero-order valence-corrected chi connectivity index (χ0v) is 13.8. The lowest BCUT2D eigenvalue weighted by Crippen LogP contribution is -2.46. The van der Waals surface area contributed by atoms with E-state index in [1.54, 1.807) is 36.6 Å². The van der Waals surface area contributed by atoms with Crippen molar-refractivity contribution >= 4 is 17.5 Å². The number of aliphatic hydroxyl groups excluding tert-OH is 1. The van der Waals surface area contributed by atoms with Crippen LogP contribution in [0.1, 0.15) is 46.2 Å². The van der Waals surface area contributed by atoms with E-state index in [1.165, 1.54) is 0 Å². The molecule has 2 aromatic rings. The van der Waals surface area contributed by atoms with Gasteiger partial charge in [0.25, 0.3) is 11.8 Å². The van der Waals surface area contributed by atoms with Crippen molar-refractivity contribution in [1.82, 2.24) is 4.90 Å². The number of imide groups is 1. The molecule has 132 valence electrons. The molecule has 3 N–H and O–H groups in total. The molecule has 3 rings (SSSR count). The van der Waals surface area contributed by atoms with E-state index >= 15 is 0 Å². The second-order valence-electron chi connectivity index (χ2n) is 5.91. The minimum absolute atomic E-state index is 0.251. The van der Waals surface area contributed by atoms with E-state index in [9.17, 15) is 19.8 Å². The van der Waals surface area contributed by atoms with E-state index < -0.39 is 24.1 Å². The van der Waals surface area contributed by atoms with Crippen LogP contribution >= 0.6 is 0 Å². The van der Waals surface area contributed by atoms with Crippen molar-refractivity contribution in [1.29, 1.82) is 0 Å². The highest BCUT2D eigenvalue weighted by Gasteiger charge is 2.43. The van der Waals surface area contributed by atoms with E-state index in [0.29, 0.717) is 30.8 Å². The first-order valence-electron chi connectivity index (χ1n) is 8.18. The molecular weight excluding hydrogens is 324 g/mol. The summed E-state index contributed by atoms with van der Waals surface area (Å²) in [7, 11) is 0. The van der Waals surface area contributed by atoms with Crippen LogP contribution in [0.4, 0.5) is 5.69 Å². The molecule has 2 amide bonds. The van der Waals surface area contributed by atoms with Crippen LogP contribution in [0.25, 0.3) is 0 Å². The van der Waals surface area contributed by atoms with Crippen LogP contribution in [0.5, 0.6) is 0 Å². The number of amides is 2. The van der Waals surface area contributed by atoms with Crippen molar-refractivity contribution in [3.05, 3.63) is 53.5 Å². The summed E-state index contributed by atoms with van der Waals surface area (Å²) in [4.78, 5) is 26.4. The van der Waals surface area contributed by atoms with Gasteiger partial charge in [0.2, 0.25) is 0 Å². The summed E-state index contributed by atoms with van der Waals surface area (Å²) in [6, 6.07) is 7.56. The smallest absolute Gasteiger partial charge is 0.264 e. The van der Waals surface area contributed by atoms with Gasteiger partial charge in [0, 0.05) is 5.69 Å². The topological polar surface area (TPSA) is 103 Å². The third-order valence-corrected chi connectivity index (χ3v) is 4.24. The van der Waals surface area contributed by atoms with Gasteiger partial charge in [0.15, 0.2) is 6.29 Å². The van der Waals surface area contributed by atoms with Crippen molar-refractivity contribution in [3.63, 3.8) is 0 Å². The van der Waals surface area contributed by atoms with E-state index in [-0.39, 0.29) is 11.1 Å². The minimum Gasteiger partial charge on any atom is -0.467 e. The highest BCUT2D eigenvalue weighted by atomic mass is 16.5. The molecule has 1 atom stereocenters. The molecule has 1 aliphatic rings. The largest absolute Gasteiger partial charge is 0.467 e. The van der Waals surface area contributed by atoms with Crippen molar-refractivity contribution in [2.45, 2.75) is 38.6 Å². The number of fused-ring (bicyclic) bond motifs is 1. The molecular formula is C18H20N2O5. The Kier molecular flexibility index (Phi) is 4.87. The summed E-state index contributed by atoms with van der Waals surface area (Å²) < 4.78 is 5.25. The Bertz CT molecular complexity index is 770. The van der Waals surface area contributed by atoms with Crippen molar-refractivity contribution in [2.24, 2.45) is 0 Å². The van der Waals surface area contributed by atoms with E-state index in [4.69, 9.17) is 4.42 Å². The number of carbonyl (C=O) groups is 2. The Hall–Kier alpha value is -2.64. The molecule has 25 heavy (non-hydrogen) atoms. The van der Waals surface area contributed by atoms with Crippen LogP contribution in [0.3, 0.4) is 0 Å². The van der Waals surface area contributed by atoms with Gasteiger partial charge in [-0.2, -0.15) is 0 Å². The number of furan rings is 1. The molecule has 0 spiro atoms. The van der Waals surface area contributed by atoms with Gasteiger partial charge in [0.1, 0.15) is 5.76 Å². The predicted molar refractivity (Wildman–Crippen MR) is 89.9 cm³/mol. The number of hydrogen-bond donors (Lipinski definition) is 3. The van der Waals surface area contributed by atoms with Gasteiger partial charge in [0.05, 0.1) is 30.0 Å². The summed E-state index contributed by atoms with van der Waals surface area (Å²) in [5, 5.41) is 22.3. The van der Waals surface area contributed by atoms with Crippen LogP contribution in [0.15, 0.2) is 41.0 Å². The van der Waals surface area contributed by atoms with Gasteiger partial charge in [-0.1, -0.05) is 19.4 Å². The fourth-order valence-electron chi connectivity index (χ4n) is 3.05. The maximum atomic E-state index is 12.8. The molecule has 7 nitrogen and oxygen atoms in total. The number of nitrogens with zero attached hydrogens (tertiary/aromatic N) is 1. The standard InChI is InChI=1S/C18H20N2O5/c1-2-5-14(18(23)24)20-16(21)12-7-3-8-13(15(12)17(20)22)19-10-11-6-4-9-25-11/h3-4,6-9,14,18-19,23-24H,2,5,10H2,1H3. The summed E-state index contributed by atoms with van der Waals surface area (Å²) in [5.41, 5.74) is 1.02. The Labute approximate surface area is 144 Å². The molecule has 1 aliphatic heterocycles. The number of benzene rings is 1. The first-order chi connectivity index (χ1) is 12.0. The van der Waals surface area contributed by atoms with E-state index in [1.807, 2.05) is 6.92 Å². The maximum absolute atomic E-state index is 12.8. The summed E-state index contributed by atoms with van der Waals surface area (Å²) in [5.74, 6) is -0.330. The van der Waals surface area contributed by atoms with Gasteiger partial charge >= 0.3 is 0 Å². The number of carbonyl (C=O) groups excluding carboxylic acids is 2. The van der Waals surface area contributed by atoms with E-state index in [2.05, 4.69) is 5.32 Å². The number of aliphatic hydroxyl groups is 2. The molecule has 1 aromatic carbocycles. The number of nitrogens with one attached hydrogen (secondary N) is 1. The molecule has 0 saturated carbocycles. The second kappa shape index (κ2) is 7.08. The fraction of sp³-hybridized carbons (Fsp3) is 0.333. The number of rotatable bonds is 7. The van der Waals surface area contributed by atoms with Crippen molar-refractivity contribution in [2.75, 3.05) is 5.32 Å². The fourth-order valence-corrected chi connectivity index (χ4v) is 3.05. The van der Waals surface area contributed by atoms with Crippen LogP contribution in [-0.4, -0.2) is 39.3 Å². The molecule has 1 aromatic heterocycles. The average Bonchev–Trinajstić information content (AvgIpc) is 3.19. The second-order valence-corrected chi connectivity index (χ2v) is 5.91. The third-order valence-electron chi connectivity index (χ3n) is 4.24. The van der Waals surface area contributed by atoms with Crippen LogP contribution in [0, 0.1) is 0 Å². The first-order valence-corrected chi connectivity index (χ1v) is 8.18. The first kappa shape index (κ1) is 17.2. The lowest BCUT2D eigenvalue weighted by Gasteiger charge is -2.27. The zero-order valence-electron chi connectivity index (χ0n) is 13.8. The normalized spacial score (nSPS) is 15.0. The lowest BCUT2D eigenvalue weighted by molar-refractivity contribution is -0.0882. The molecule has 2 heterocycles. The quantitative estimate of drug-likeness (QED) is 0.524. The van der Waals surface area contributed by atoms with Gasteiger partial charge in [-0.15, -0.1) is 0 Å². The molecule has 0 aliphatic carbocycles. The Morgan fingerprint density at radius 3 is 2.60 bits per heavy atom. The molecule has 0 saturated heterocycles. The van der Waals surface area contributed by atoms with Crippen molar-refractivity contribution in [3.8, 4) is 0 Å². The molecule has 0 radical (unpaired) electrons. The lowest BCUT2D eigenvalue weighted by atomic mass is 10.1. The van der Waals surface area contributed by atoms with Crippen LogP contribution < -0.4 is 5.32 Å². The highest BCUT2D eigenvalue weighted by molar-refractivity contribution is 6.24. The molecule has 1 unspecified atom stereocenters. The molecule has 0 bridgehead atoms. The Balaban J connectivity index is 1.90. The van der Waals surface area contributed by atoms with Gasteiger partial charge in [-0.3, -0.25) is 14.5 Å². The van der Waals surface area contributed by atoms with Crippen LogP contribution in [0.2, 0.25) is 0 Å². The highest BCUT2D eigenvalue weighted by Crippen LogP contribution is 2.32. The summed E-state index contributed by atoms with van der Waals surface area (Å²) in [6.45, 7) is 2.22. The number of anilines is 1. The SMILES string of the molecule is CCCC(C(O)O)N1C(=O)c2cccc(NCc3ccco3)c2C1=O. The number of hydrogen-bond acceptors (Lipinski definition) is 6. The maximum Gasteiger partial charge on any atom is 0.264 e. The Morgan fingerprint density at radius 1 is 1.16 bits per heavy atom. The summed E-state index contributed by atoms with van der Waals surface area (Å²) in [6.07, 6.45) is 0.708. The van der Waals surface area contributed by atoms with Crippen LogP contribution in [-0.2, 0) is 6.54 Å². The zero-order chi connectivity index (χ0) is 18.0. The van der Waals surface area contributed by atoms with E-state index in [0.717, 1.165) is 4.90 Å². The molecule has 7 heteroatoms. The minimum atomic E-state index is -1.78.